The van der Waals surface area contributed by atoms with Crippen LogP contribution >= 0.6 is 0 Å². The molecule has 4 rings (SSSR count). The fourth-order valence-electron chi connectivity index (χ4n) is 2.14. The van der Waals surface area contributed by atoms with Gasteiger partial charge in [0.15, 0.2) is 0 Å². The molecule has 0 N–H and O–H groups in total. The van der Waals surface area contributed by atoms with E-state index in [0.29, 0.717) is 0 Å². The van der Waals surface area contributed by atoms with Crippen LogP contribution in [0.3, 0.4) is 0 Å². The largest absolute Gasteiger partial charge is 4.00 e. The van der Waals surface area contributed by atoms with Gasteiger partial charge in [0.2, 0.25) is 0 Å². The normalized spacial score (nSPS) is 9.68. The summed E-state index contributed by atoms with van der Waals surface area (Å²) in [6, 6.07) is 29.3. The Hall–Kier alpha value is -1.46. The molecule has 0 amide bonds. The van der Waals surface area contributed by atoms with Gasteiger partial charge in [-0.3, -0.25) is 0 Å². The second kappa shape index (κ2) is 6.63. The molecule has 1 heteroatoms. The van der Waals surface area contributed by atoms with Gasteiger partial charge in [0, 0.05) is 0 Å². The molecule has 4 aromatic carbocycles. The molecule has 0 heterocycles. The Morgan fingerprint density at radius 2 is 0.947 bits per heavy atom. The molecule has 0 aliphatic carbocycles. The molecule has 19 heavy (non-hydrogen) atoms. The SMILES string of the molecule is [Zr+4].c1ccc2[cH-]ccc2c1.c1ccc2[cH-]ccc2c1. The Morgan fingerprint density at radius 1 is 0.526 bits per heavy atom. The first kappa shape index (κ1) is 14.0. The van der Waals surface area contributed by atoms with Crippen molar-refractivity contribution in [3.05, 3.63) is 84.9 Å². The van der Waals surface area contributed by atoms with Crippen LogP contribution in [0.25, 0.3) is 21.5 Å². The van der Waals surface area contributed by atoms with Crippen LogP contribution < -0.4 is 0 Å². The molecule has 88 valence electrons. The van der Waals surface area contributed by atoms with Crippen molar-refractivity contribution in [3.8, 4) is 0 Å². The monoisotopic (exact) mass is 320 g/mol. The number of hydrogen-bond acceptors (Lipinski definition) is 0. The van der Waals surface area contributed by atoms with Crippen LogP contribution in [-0.4, -0.2) is 0 Å². The molecular weight excluding hydrogens is 307 g/mol. The first-order valence-electron chi connectivity index (χ1n) is 6.14. The Balaban J connectivity index is 0.000000133. The summed E-state index contributed by atoms with van der Waals surface area (Å²) in [5, 5.41) is 5.32. The van der Waals surface area contributed by atoms with E-state index in [2.05, 4.69) is 84.9 Å². The molecule has 0 unspecified atom stereocenters. The van der Waals surface area contributed by atoms with Crippen molar-refractivity contribution in [2.75, 3.05) is 0 Å². The van der Waals surface area contributed by atoms with Gasteiger partial charge >= 0.3 is 26.2 Å². The fourth-order valence-corrected chi connectivity index (χ4v) is 2.14. The zero-order valence-electron chi connectivity index (χ0n) is 10.6. The molecular formula is C18H14Zr+2. The summed E-state index contributed by atoms with van der Waals surface area (Å²) in [4.78, 5) is 0. The van der Waals surface area contributed by atoms with E-state index in [1.54, 1.807) is 0 Å². The van der Waals surface area contributed by atoms with E-state index in [4.69, 9.17) is 0 Å². The predicted octanol–water partition coefficient (Wildman–Crippen LogP) is 5.11. The van der Waals surface area contributed by atoms with Gasteiger partial charge in [0.1, 0.15) is 0 Å². The quantitative estimate of drug-likeness (QED) is 0.395. The molecule has 0 aliphatic rings. The van der Waals surface area contributed by atoms with Crippen LogP contribution in [0.4, 0.5) is 0 Å². The van der Waals surface area contributed by atoms with Gasteiger partial charge in [-0.05, 0) is 0 Å². The zero-order valence-corrected chi connectivity index (χ0v) is 13.0. The van der Waals surface area contributed by atoms with Gasteiger partial charge in [0.25, 0.3) is 0 Å². The summed E-state index contributed by atoms with van der Waals surface area (Å²) in [6.07, 6.45) is 0. The minimum absolute atomic E-state index is 0. The van der Waals surface area contributed by atoms with Gasteiger partial charge in [0.05, 0.1) is 0 Å². The van der Waals surface area contributed by atoms with Crippen LogP contribution in [0, 0.1) is 0 Å². The summed E-state index contributed by atoms with van der Waals surface area (Å²) in [5.41, 5.74) is 0. The summed E-state index contributed by atoms with van der Waals surface area (Å²) >= 11 is 0. The van der Waals surface area contributed by atoms with E-state index < -0.39 is 0 Å². The van der Waals surface area contributed by atoms with E-state index in [9.17, 15) is 0 Å². The molecule has 0 aliphatic heterocycles. The maximum Gasteiger partial charge on any atom is 4.00 e. The van der Waals surface area contributed by atoms with Gasteiger partial charge in [-0.25, -0.2) is 0 Å². The minimum atomic E-state index is 0. The van der Waals surface area contributed by atoms with Crippen molar-refractivity contribution < 1.29 is 26.2 Å². The zero-order chi connectivity index (χ0) is 12.2. The van der Waals surface area contributed by atoms with E-state index in [1.165, 1.54) is 21.5 Å². The van der Waals surface area contributed by atoms with Gasteiger partial charge < -0.3 is 0 Å². The van der Waals surface area contributed by atoms with Crippen molar-refractivity contribution >= 4 is 21.5 Å². The molecule has 0 spiro atoms. The summed E-state index contributed by atoms with van der Waals surface area (Å²) in [7, 11) is 0. The predicted molar refractivity (Wildman–Crippen MR) is 79.1 cm³/mol. The molecule has 0 saturated heterocycles. The van der Waals surface area contributed by atoms with Crippen LogP contribution in [0.15, 0.2) is 84.9 Å². The molecule has 0 fully saturated rings. The Kier molecular flexibility index (Phi) is 4.88. The van der Waals surface area contributed by atoms with E-state index in [1.807, 2.05) is 0 Å². The Bertz CT molecular complexity index is 620. The number of fused-ring (bicyclic) bond motifs is 2. The molecule has 0 bridgehead atoms. The molecule has 0 nitrogen and oxygen atoms in total. The van der Waals surface area contributed by atoms with E-state index in [-0.39, 0.29) is 26.2 Å². The summed E-state index contributed by atoms with van der Waals surface area (Å²) in [6.45, 7) is 0. The second-order valence-electron chi connectivity index (χ2n) is 4.31. The van der Waals surface area contributed by atoms with Crippen molar-refractivity contribution in [1.82, 2.24) is 0 Å². The van der Waals surface area contributed by atoms with Crippen LogP contribution in [0.5, 0.6) is 0 Å². The standard InChI is InChI=1S/2C9H7.Zr/c2*1-2-5-9-7-3-6-8(9)4-1;/h2*1-7H;/q2*-1;+4. The van der Waals surface area contributed by atoms with Crippen molar-refractivity contribution in [3.63, 3.8) is 0 Å². The van der Waals surface area contributed by atoms with Crippen LogP contribution in [0.2, 0.25) is 0 Å². The molecule has 0 atom stereocenters. The Labute approximate surface area is 132 Å². The number of rotatable bonds is 0. The maximum absolute atomic E-state index is 2.12. The van der Waals surface area contributed by atoms with Crippen LogP contribution in [-0.2, 0) is 26.2 Å². The number of benzene rings is 2. The van der Waals surface area contributed by atoms with Gasteiger partial charge in [-0.15, -0.1) is 59.3 Å². The summed E-state index contributed by atoms with van der Waals surface area (Å²) < 4.78 is 0. The first-order valence-corrected chi connectivity index (χ1v) is 6.14. The van der Waals surface area contributed by atoms with E-state index in [0.717, 1.165) is 0 Å². The molecule has 4 aromatic rings. The number of hydrogen-bond donors (Lipinski definition) is 0. The van der Waals surface area contributed by atoms with Crippen molar-refractivity contribution in [1.29, 1.82) is 0 Å². The summed E-state index contributed by atoms with van der Waals surface area (Å²) in [5.74, 6) is 0. The average Bonchev–Trinajstić information content (AvgIpc) is 3.08. The first-order chi connectivity index (χ1) is 8.93. The van der Waals surface area contributed by atoms with Gasteiger partial charge in [-0.2, -0.15) is 35.0 Å². The minimum Gasteiger partial charge on any atom is -0.168 e. The third kappa shape index (κ3) is 3.30. The van der Waals surface area contributed by atoms with E-state index >= 15 is 0 Å². The molecule has 0 aromatic heterocycles. The third-order valence-electron chi connectivity index (χ3n) is 3.10. The van der Waals surface area contributed by atoms with Crippen molar-refractivity contribution in [2.24, 2.45) is 0 Å². The fraction of sp³-hybridized carbons (Fsp3) is 0. The van der Waals surface area contributed by atoms with Crippen LogP contribution in [0.1, 0.15) is 0 Å². The Morgan fingerprint density at radius 3 is 1.37 bits per heavy atom. The topological polar surface area (TPSA) is 0 Å². The maximum atomic E-state index is 2.12. The second-order valence-corrected chi connectivity index (χ2v) is 4.31. The van der Waals surface area contributed by atoms with Crippen molar-refractivity contribution in [2.45, 2.75) is 0 Å². The van der Waals surface area contributed by atoms with Gasteiger partial charge in [-0.1, -0.05) is 12.1 Å². The average molecular weight is 322 g/mol. The molecule has 0 saturated carbocycles. The molecule has 0 radical (unpaired) electrons. The smallest absolute Gasteiger partial charge is 0.168 e. The third-order valence-corrected chi connectivity index (χ3v) is 3.10.